The Morgan fingerprint density at radius 3 is 2.77 bits per heavy atom. The third-order valence-electron chi connectivity index (χ3n) is 2.98. The van der Waals surface area contributed by atoms with E-state index in [0.29, 0.717) is 0 Å². The smallest absolute Gasteiger partial charge is 0.0846 e. The van der Waals surface area contributed by atoms with Crippen LogP contribution in [-0.4, -0.2) is 5.11 Å². The molecule has 1 nitrogen and oxygen atoms in total. The van der Waals surface area contributed by atoms with Gasteiger partial charge >= 0.3 is 0 Å². The predicted molar refractivity (Wildman–Crippen MR) is 53.6 cm³/mol. The largest absolute Gasteiger partial charge is 0.388 e. The van der Waals surface area contributed by atoms with Crippen LogP contribution >= 0.6 is 0 Å². The zero-order valence-corrected chi connectivity index (χ0v) is 8.46. The van der Waals surface area contributed by atoms with Crippen molar-refractivity contribution in [3.8, 4) is 0 Å². The van der Waals surface area contributed by atoms with E-state index >= 15 is 0 Å². The molecule has 0 aliphatic heterocycles. The van der Waals surface area contributed by atoms with Crippen molar-refractivity contribution >= 4 is 0 Å². The number of fused-ring (bicyclic) bond motifs is 1. The molecule has 0 radical (unpaired) electrons. The number of hydrogen-bond donors (Lipinski definition) is 1. The van der Waals surface area contributed by atoms with Crippen molar-refractivity contribution < 1.29 is 5.11 Å². The average Bonchev–Trinajstić information content (AvgIpc) is 2.26. The Balaban J connectivity index is 2.51. The predicted octanol–water partition coefficient (Wildman–Crippen LogP) is 2.61. The lowest BCUT2D eigenvalue weighted by Crippen LogP contribution is -2.16. The van der Waals surface area contributed by atoms with Crippen LogP contribution < -0.4 is 0 Å². The first-order valence-corrected chi connectivity index (χ1v) is 4.78. The Bertz CT molecular complexity index is 339. The minimum Gasteiger partial charge on any atom is -0.388 e. The molecular weight excluding hydrogens is 160 g/mol. The van der Waals surface area contributed by atoms with E-state index in [1.807, 2.05) is 0 Å². The molecule has 1 N–H and O–H groups in total. The van der Waals surface area contributed by atoms with Crippen LogP contribution in [0.4, 0.5) is 0 Å². The zero-order valence-electron chi connectivity index (χ0n) is 8.46. The molecule has 0 saturated carbocycles. The van der Waals surface area contributed by atoms with Crippen LogP contribution in [0.3, 0.4) is 0 Å². The molecular formula is C12H16O. The molecule has 0 amide bonds. The lowest BCUT2D eigenvalue weighted by molar-refractivity contribution is 0.0665. The van der Waals surface area contributed by atoms with Gasteiger partial charge in [-0.1, -0.05) is 37.6 Å². The van der Waals surface area contributed by atoms with Gasteiger partial charge in [0.15, 0.2) is 0 Å². The number of aryl methyl sites for hydroxylation is 1. The van der Waals surface area contributed by atoms with Gasteiger partial charge in [-0.25, -0.2) is 0 Å². The molecule has 1 atom stereocenters. The van der Waals surface area contributed by atoms with Crippen LogP contribution in [0.5, 0.6) is 0 Å². The van der Waals surface area contributed by atoms with Crippen molar-refractivity contribution in [2.75, 3.05) is 0 Å². The normalized spacial score (nSPS) is 24.5. The molecule has 0 bridgehead atoms. The molecule has 1 aliphatic carbocycles. The fourth-order valence-corrected chi connectivity index (χ4v) is 2.14. The van der Waals surface area contributed by atoms with Crippen LogP contribution in [0.25, 0.3) is 0 Å². The van der Waals surface area contributed by atoms with Gasteiger partial charge < -0.3 is 5.11 Å². The van der Waals surface area contributed by atoms with Crippen molar-refractivity contribution in [3.05, 3.63) is 34.9 Å². The van der Waals surface area contributed by atoms with Crippen molar-refractivity contribution in [1.82, 2.24) is 0 Å². The van der Waals surface area contributed by atoms with Gasteiger partial charge in [0.05, 0.1) is 6.10 Å². The Morgan fingerprint density at radius 2 is 2.08 bits per heavy atom. The van der Waals surface area contributed by atoms with Gasteiger partial charge in [0, 0.05) is 0 Å². The van der Waals surface area contributed by atoms with E-state index in [1.54, 1.807) is 0 Å². The summed E-state index contributed by atoms with van der Waals surface area (Å²) >= 11 is 0. The molecule has 2 rings (SSSR count). The first kappa shape index (κ1) is 8.76. The second kappa shape index (κ2) is 2.58. The fraction of sp³-hybridized carbons (Fsp3) is 0.500. The summed E-state index contributed by atoms with van der Waals surface area (Å²) in [7, 11) is 0. The average molecular weight is 176 g/mol. The fourth-order valence-electron chi connectivity index (χ4n) is 2.14. The highest BCUT2D eigenvalue weighted by molar-refractivity contribution is 5.39. The standard InChI is InChI=1S/C12H16O/c1-8-4-5-9-7-12(2,3)11(13)10(9)6-8/h4-6,11,13H,7H2,1-3H3. The summed E-state index contributed by atoms with van der Waals surface area (Å²) < 4.78 is 0. The van der Waals surface area contributed by atoms with Crippen LogP contribution in [0.1, 0.15) is 36.6 Å². The van der Waals surface area contributed by atoms with E-state index < -0.39 is 0 Å². The molecule has 1 aromatic carbocycles. The zero-order chi connectivity index (χ0) is 9.64. The molecule has 70 valence electrons. The molecule has 0 spiro atoms. The van der Waals surface area contributed by atoms with Gasteiger partial charge in [-0.2, -0.15) is 0 Å². The quantitative estimate of drug-likeness (QED) is 0.644. The molecule has 1 heteroatoms. The second-order valence-electron chi connectivity index (χ2n) is 4.77. The maximum absolute atomic E-state index is 10.0. The van der Waals surface area contributed by atoms with E-state index in [2.05, 4.69) is 39.0 Å². The third-order valence-corrected chi connectivity index (χ3v) is 2.98. The van der Waals surface area contributed by atoms with E-state index in [1.165, 1.54) is 11.1 Å². The maximum Gasteiger partial charge on any atom is 0.0846 e. The van der Waals surface area contributed by atoms with Gasteiger partial charge in [-0.3, -0.25) is 0 Å². The number of aliphatic hydroxyl groups is 1. The van der Waals surface area contributed by atoms with Crippen LogP contribution in [0.15, 0.2) is 18.2 Å². The molecule has 1 aliphatic rings. The van der Waals surface area contributed by atoms with Crippen LogP contribution in [0, 0.1) is 12.3 Å². The molecule has 0 aromatic heterocycles. The summed E-state index contributed by atoms with van der Waals surface area (Å²) in [6.45, 7) is 6.30. The molecule has 0 saturated heterocycles. The maximum atomic E-state index is 10.0. The summed E-state index contributed by atoms with van der Waals surface area (Å²) in [4.78, 5) is 0. The lowest BCUT2D eigenvalue weighted by Gasteiger charge is -2.22. The summed E-state index contributed by atoms with van der Waals surface area (Å²) in [6, 6.07) is 6.37. The molecule has 13 heavy (non-hydrogen) atoms. The highest BCUT2D eigenvalue weighted by atomic mass is 16.3. The Morgan fingerprint density at radius 1 is 1.38 bits per heavy atom. The summed E-state index contributed by atoms with van der Waals surface area (Å²) in [6.07, 6.45) is 0.700. The first-order valence-electron chi connectivity index (χ1n) is 4.78. The first-order chi connectivity index (χ1) is 6.00. The highest BCUT2D eigenvalue weighted by Gasteiger charge is 2.37. The van der Waals surface area contributed by atoms with Crippen molar-refractivity contribution in [2.45, 2.75) is 33.3 Å². The van der Waals surface area contributed by atoms with Gasteiger partial charge in [-0.05, 0) is 29.9 Å². The topological polar surface area (TPSA) is 20.2 Å². The molecule has 1 aromatic rings. The van der Waals surface area contributed by atoms with Gasteiger partial charge in [0.1, 0.15) is 0 Å². The Labute approximate surface area is 79.4 Å². The monoisotopic (exact) mass is 176 g/mol. The minimum atomic E-state index is -0.289. The number of benzene rings is 1. The van der Waals surface area contributed by atoms with E-state index in [0.717, 1.165) is 12.0 Å². The van der Waals surface area contributed by atoms with E-state index in [9.17, 15) is 5.11 Å². The SMILES string of the molecule is Cc1ccc2c(c1)C(O)C(C)(C)C2. The summed E-state index contributed by atoms with van der Waals surface area (Å²) in [5.41, 5.74) is 3.68. The number of hydrogen-bond acceptors (Lipinski definition) is 1. The summed E-state index contributed by atoms with van der Waals surface area (Å²) in [5.74, 6) is 0. The second-order valence-corrected chi connectivity index (χ2v) is 4.77. The summed E-state index contributed by atoms with van der Waals surface area (Å²) in [5, 5.41) is 10.0. The van der Waals surface area contributed by atoms with Crippen LogP contribution in [0.2, 0.25) is 0 Å². The minimum absolute atomic E-state index is 0.0100. The highest BCUT2D eigenvalue weighted by Crippen LogP contribution is 2.45. The lowest BCUT2D eigenvalue weighted by atomic mass is 9.87. The number of rotatable bonds is 0. The molecule has 0 heterocycles. The van der Waals surface area contributed by atoms with E-state index in [-0.39, 0.29) is 11.5 Å². The molecule has 0 fully saturated rings. The van der Waals surface area contributed by atoms with Crippen molar-refractivity contribution in [3.63, 3.8) is 0 Å². The van der Waals surface area contributed by atoms with E-state index in [4.69, 9.17) is 0 Å². The Kier molecular flexibility index (Phi) is 1.74. The van der Waals surface area contributed by atoms with Crippen LogP contribution in [-0.2, 0) is 6.42 Å². The number of aliphatic hydroxyl groups excluding tert-OH is 1. The van der Waals surface area contributed by atoms with Crippen molar-refractivity contribution in [2.24, 2.45) is 5.41 Å². The van der Waals surface area contributed by atoms with Gasteiger partial charge in [0.25, 0.3) is 0 Å². The van der Waals surface area contributed by atoms with Gasteiger partial charge in [0.2, 0.25) is 0 Å². The Hall–Kier alpha value is -0.820. The molecule has 1 unspecified atom stereocenters. The third kappa shape index (κ3) is 1.28. The van der Waals surface area contributed by atoms with Gasteiger partial charge in [-0.15, -0.1) is 0 Å². The van der Waals surface area contributed by atoms with Crippen molar-refractivity contribution in [1.29, 1.82) is 0 Å².